The number of ether oxygens (including phenoxy) is 6. The Morgan fingerprint density at radius 1 is 0.444 bits per heavy atom. The number of nitrogens with two attached hydrogens (primary N) is 2. The molecule has 0 aliphatic heterocycles. The molecule has 0 aromatic heterocycles. The van der Waals surface area contributed by atoms with Gasteiger partial charge in [0.05, 0.1) is 37.2 Å². The molecule has 0 saturated heterocycles. The van der Waals surface area contributed by atoms with E-state index in [0.717, 1.165) is 60.7 Å². The molecule has 0 heterocycles. The number of halogens is 10. The summed E-state index contributed by atoms with van der Waals surface area (Å²) >= 11 is 0. The van der Waals surface area contributed by atoms with Crippen molar-refractivity contribution in [2.45, 2.75) is 50.6 Å². The van der Waals surface area contributed by atoms with Crippen LogP contribution in [0.5, 0.6) is 23.0 Å². The van der Waals surface area contributed by atoms with Gasteiger partial charge in [-0.1, -0.05) is 36.4 Å². The van der Waals surface area contributed by atoms with Gasteiger partial charge < -0.3 is 39.9 Å². The zero-order valence-corrected chi connectivity index (χ0v) is 37.5. The van der Waals surface area contributed by atoms with Crippen molar-refractivity contribution < 1.29 is 81.9 Å². The highest BCUT2D eigenvalue weighted by atomic mass is 19.4. The molecule has 4 N–H and O–H groups in total. The van der Waals surface area contributed by atoms with Gasteiger partial charge >= 0.3 is 36.5 Å². The summed E-state index contributed by atoms with van der Waals surface area (Å²) in [5.74, 6) is -2.01. The monoisotopic (exact) mass is 1010 g/mol. The normalized spacial score (nSPS) is 12.2. The number of carbonyl (C=O) groups is 2. The Balaban J connectivity index is 1.00. The number of hydrogen-bond donors (Lipinski definition) is 2. The first-order valence-corrected chi connectivity index (χ1v) is 21.4. The molecule has 378 valence electrons. The quantitative estimate of drug-likeness (QED) is 0.0310. The van der Waals surface area contributed by atoms with Crippen molar-refractivity contribution in [2.75, 3.05) is 24.7 Å². The minimum atomic E-state index is -4.42. The molecule has 0 radical (unpaired) electrons. The second-order valence-electron chi connectivity index (χ2n) is 15.6. The van der Waals surface area contributed by atoms with Crippen molar-refractivity contribution in [2.24, 2.45) is 0 Å². The first kappa shape index (κ1) is 53.2. The third-order valence-electron chi connectivity index (χ3n) is 10.1. The highest BCUT2D eigenvalue weighted by molar-refractivity contribution is 5.88. The number of alkyl halides is 10. The molecule has 72 heavy (non-hydrogen) atoms. The Morgan fingerprint density at radius 2 is 0.778 bits per heavy atom. The number of nitrogen functional groups attached to an aromatic ring is 2. The molecule has 0 aliphatic carbocycles. The fourth-order valence-corrected chi connectivity index (χ4v) is 6.48. The number of carbonyl (C=O) groups excluding carboxylic acids is 2. The van der Waals surface area contributed by atoms with E-state index in [-0.39, 0.29) is 36.2 Å². The van der Waals surface area contributed by atoms with Crippen LogP contribution in [0.25, 0.3) is 23.3 Å². The molecule has 0 saturated carbocycles. The Hall–Kier alpha value is -8.16. The molecular formula is C52H42F10N2O8. The Bertz CT molecular complexity index is 2640. The van der Waals surface area contributed by atoms with E-state index in [9.17, 15) is 53.5 Å². The zero-order valence-electron chi connectivity index (χ0n) is 37.5. The number of benzene rings is 6. The lowest BCUT2D eigenvalue weighted by atomic mass is 9.95. The molecule has 6 rings (SSSR count). The summed E-state index contributed by atoms with van der Waals surface area (Å²) < 4.78 is 164. The number of anilines is 2. The summed E-state index contributed by atoms with van der Waals surface area (Å²) in [5, 5.41) is 0. The third kappa shape index (κ3) is 16.5. The van der Waals surface area contributed by atoms with E-state index in [1.54, 1.807) is 36.4 Å². The maximum atomic E-state index is 14.9. The average molecular weight is 1010 g/mol. The van der Waals surface area contributed by atoms with Crippen LogP contribution in [0, 0.1) is 0 Å². The maximum absolute atomic E-state index is 14.9. The Morgan fingerprint density at radius 3 is 1.11 bits per heavy atom. The summed E-state index contributed by atoms with van der Waals surface area (Å²) in [6.07, 6.45) is -13.9. The van der Waals surface area contributed by atoms with Crippen molar-refractivity contribution in [1.82, 2.24) is 0 Å². The van der Waals surface area contributed by atoms with E-state index in [1.807, 2.05) is 0 Å². The van der Waals surface area contributed by atoms with Crippen LogP contribution in [-0.2, 0) is 44.5 Å². The molecule has 0 spiro atoms. The van der Waals surface area contributed by atoms with Gasteiger partial charge in [-0.3, -0.25) is 0 Å². The lowest BCUT2D eigenvalue weighted by Gasteiger charge is -2.19. The van der Waals surface area contributed by atoms with Crippen LogP contribution < -0.4 is 30.4 Å². The van der Waals surface area contributed by atoms with Gasteiger partial charge in [-0.2, -0.15) is 43.9 Å². The predicted molar refractivity (Wildman–Crippen MR) is 246 cm³/mol. The summed E-state index contributed by atoms with van der Waals surface area (Å²) in [5.41, 5.74) is 14.7. The third-order valence-corrected chi connectivity index (χ3v) is 10.1. The van der Waals surface area contributed by atoms with E-state index in [4.69, 9.17) is 39.9 Å². The smallest absolute Gasteiger partial charge is 0.426 e. The number of rotatable bonds is 21. The molecule has 0 aliphatic rings. The van der Waals surface area contributed by atoms with Crippen LogP contribution >= 0.6 is 0 Å². The minimum Gasteiger partial charge on any atom is -0.493 e. The first-order valence-electron chi connectivity index (χ1n) is 21.4. The van der Waals surface area contributed by atoms with E-state index < -0.39 is 73.7 Å². The fraction of sp³-hybridized carbons (Fsp3) is 0.192. The maximum Gasteiger partial charge on any atom is 0.426 e. The van der Waals surface area contributed by atoms with Gasteiger partial charge in [0.25, 0.3) is 0 Å². The highest BCUT2D eigenvalue weighted by Crippen LogP contribution is 2.36. The van der Waals surface area contributed by atoms with Crippen LogP contribution in [0.15, 0.2) is 146 Å². The molecule has 0 bridgehead atoms. The van der Waals surface area contributed by atoms with Gasteiger partial charge in [-0.15, -0.1) is 0 Å². The van der Waals surface area contributed by atoms with E-state index in [2.05, 4.69) is 0 Å². The van der Waals surface area contributed by atoms with Crippen molar-refractivity contribution in [1.29, 1.82) is 0 Å². The molecule has 6 aromatic carbocycles. The minimum absolute atomic E-state index is 0.0238. The summed E-state index contributed by atoms with van der Waals surface area (Å²) in [7, 11) is 0. The van der Waals surface area contributed by atoms with Gasteiger partial charge in [0.15, 0.2) is 0 Å². The topological polar surface area (TPSA) is 142 Å². The van der Waals surface area contributed by atoms with Crippen LogP contribution in [-0.4, -0.2) is 37.5 Å². The molecular weight excluding hydrogens is 971 g/mol. The van der Waals surface area contributed by atoms with E-state index in [0.29, 0.717) is 44.8 Å². The molecule has 0 fully saturated rings. The largest absolute Gasteiger partial charge is 0.493 e. The Labute approximate surface area is 405 Å². The molecule has 20 heteroatoms. The van der Waals surface area contributed by atoms with Crippen LogP contribution in [0.1, 0.15) is 46.2 Å². The summed E-state index contributed by atoms with van der Waals surface area (Å²) in [6.45, 7) is -1.84. The van der Waals surface area contributed by atoms with Gasteiger partial charge in [-0.05, 0) is 143 Å². The van der Waals surface area contributed by atoms with E-state index >= 15 is 0 Å². The van der Waals surface area contributed by atoms with Crippen LogP contribution in [0.2, 0.25) is 0 Å². The van der Waals surface area contributed by atoms with Crippen LogP contribution in [0.4, 0.5) is 55.3 Å². The molecule has 6 aromatic rings. The second kappa shape index (κ2) is 23.2. The van der Waals surface area contributed by atoms with Crippen molar-refractivity contribution in [3.05, 3.63) is 179 Å². The summed E-state index contributed by atoms with van der Waals surface area (Å²) in [6, 6.07) is 28.7. The van der Waals surface area contributed by atoms with Gasteiger partial charge in [0.1, 0.15) is 36.2 Å². The standard InChI is InChI=1S/C52H42F10N2O8/c53-49(54,55)25-27-67-41-17-7-37(8-18-41)51(59,60)71-43-13-1-33(2-14-43)5-23-47(65)69-31-35-29-39(63)11-21-45(35)46-22-12-40(64)30-36(46)32-70-48(66)24-6-34-3-15-44(16-4-34)72-52(61,62)38-9-19-42(20-10-38)68-28-26-50(56,57)58/h1-24,29-30H,25-28,31-32,63-64H2/b23-5+,24-6+. The average Bonchev–Trinajstić information content (AvgIpc) is 3.32. The van der Waals surface area contributed by atoms with Gasteiger partial charge in [0, 0.05) is 23.5 Å². The lowest BCUT2D eigenvalue weighted by Crippen LogP contribution is -2.21. The summed E-state index contributed by atoms with van der Waals surface area (Å²) in [4.78, 5) is 25.7. The molecule has 0 unspecified atom stereocenters. The SMILES string of the molecule is Nc1ccc(-c2ccc(N)cc2COC(=O)/C=C/c2ccc(OC(F)(F)c3ccc(OCCC(F)(F)F)cc3)cc2)c(COC(=O)/C=C/c2ccc(OC(F)(F)c3ccc(OCCC(F)(F)F)cc3)cc2)c1. The zero-order chi connectivity index (χ0) is 52.1. The Kier molecular flexibility index (Phi) is 17.1. The highest BCUT2D eigenvalue weighted by Gasteiger charge is 2.36. The predicted octanol–water partition coefficient (Wildman–Crippen LogP) is 13.0. The number of esters is 2. The van der Waals surface area contributed by atoms with Crippen molar-refractivity contribution in [3.63, 3.8) is 0 Å². The van der Waals surface area contributed by atoms with Gasteiger partial charge in [-0.25, -0.2) is 9.59 Å². The van der Waals surface area contributed by atoms with Crippen LogP contribution in [0.3, 0.4) is 0 Å². The molecule has 10 nitrogen and oxygen atoms in total. The van der Waals surface area contributed by atoms with E-state index in [1.165, 1.54) is 60.7 Å². The second-order valence-corrected chi connectivity index (χ2v) is 15.6. The van der Waals surface area contributed by atoms with Gasteiger partial charge in [0.2, 0.25) is 0 Å². The first-order chi connectivity index (χ1) is 34.0. The lowest BCUT2D eigenvalue weighted by molar-refractivity contribution is -0.186. The van der Waals surface area contributed by atoms with Crippen molar-refractivity contribution in [3.8, 4) is 34.1 Å². The fourth-order valence-electron chi connectivity index (χ4n) is 6.48. The molecule has 0 amide bonds. The number of hydrogen-bond acceptors (Lipinski definition) is 10. The van der Waals surface area contributed by atoms with Crippen molar-refractivity contribution >= 4 is 35.5 Å². The molecule has 0 atom stereocenters.